The highest BCUT2D eigenvalue weighted by Gasteiger charge is 2.18. The first-order chi connectivity index (χ1) is 16.4. The van der Waals surface area contributed by atoms with E-state index in [1.807, 2.05) is 13.8 Å². The third kappa shape index (κ3) is 4.38. The number of fused-ring (bicyclic) bond motifs is 1. The maximum absolute atomic E-state index is 12.9. The third-order valence-electron chi connectivity index (χ3n) is 5.12. The number of hydrogen-bond donors (Lipinski definition) is 2. The number of aromatic nitrogens is 7. The monoisotopic (exact) mass is 461 g/mol. The number of imidazole rings is 1. The lowest BCUT2D eigenvalue weighted by molar-refractivity contribution is 0.0690. The molecule has 0 aliphatic carbocycles. The molecule has 11 heteroatoms. The molecule has 0 atom stereocenters. The van der Waals surface area contributed by atoms with Crippen molar-refractivity contribution in [3.63, 3.8) is 0 Å². The van der Waals surface area contributed by atoms with Crippen molar-refractivity contribution in [3.05, 3.63) is 62.8 Å². The van der Waals surface area contributed by atoms with Crippen LogP contribution in [0, 0.1) is 11.8 Å². The molecular weight excluding hydrogens is 438 g/mol. The van der Waals surface area contributed by atoms with Gasteiger partial charge in [0.15, 0.2) is 5.65 Å². The molecule has 4 aromatic rings. The van der Waals surface area contributed by atoms with Crippen molar-refractivity contribution in [2.45, 2.75) is 46.3 Å². The lowest BCUT2D eigenvalue weighted by atomic mass is 10.2. The number of carboxylic acid groups (broad SMARTS) is 1. The Hall–Kier alpha value is -4.46. The Bertz CT molecular complexity index is 1530. The van der Waals surface area contributed by atoms with Crippen LogP contribution in [0.3, 0.4) is 0 Å². The first-order valence-corrected chi connectivity index (χ1v) is 10.9. The summed E-state index contributed by atoms with van der Waals surface area (Å²) < 4.78 is 4.39. The van der Waals surface area contributed by atoms with Crippen molar-refractivity contribution < 1.29 is 9.90 Å². The smallest absolute Gasteiger partial charge is 0.354 e. The molecule has 4 rings (SSSR count). The van der Waals surface area contributed by atoms with Crippen molar-refractivity contribution >= 4 is 17.1 Å². The van der Waals surface area contributed by atoms with Crippen LogP contribution in [0.5, 0.6) is 0 Å². The highest BCUT2D eigenvalue weighted by Crippen LogP contribution is 2.18. The normalized spacial score (nSPS) is 10.9. The van der Waals surface area contributed by atoms with E-state index in [9.17, 15) is 14.4 Å². The van der Waals surface area contributed by atoms with Crippen LogP contribution in [0.2, 0.25) is 0 Å². The minimum absolute atomic E-state index is 0.0427. The summed E-state index contributed by atoms with van der Waals surface area (Å²) in [5.41, 5.74) is 1.10. The number of aryl methyl sites for hydroxylation is 1. The van der Waals surface area contributed by atoms with Gasteiger partial charge >= 0.3 is 11.7 Å². The maximum Gasteiger partial charge on any atom is 0.354 e. The standard InChI is InChI=1S/C23H23N7O4/c1-3-9-29-20-18(21(31)30(10-4-2)23(29)34)26-19(27-20)16-13-25-28(14-16)11-5-6-15-7-8-17(22(32)33)24-12-15/h7-8,12-14H,3-4,9-11H2,1-2H3,(H,26,27)(H,32,33). The molecule has 0 bridgehead atoms. The number of pyridine rings is 1. The van der Waals surface area contributed by atoms with Crippen molar-refractivity contribution in [2.75, 3.05) is 0 Å². The van der Waals surface area contributed by atoms with Gasteiger partial charge in [-0.3, -0.25) is 18.6 Å². The zero-order chi connectivity index (χ0) is 24.2. The van der Waals surface area contributed by atoms with Crippen LogP contribution in [-0.4, -0.2) is 44.9 Å². The van der Waals surface area contributed by atoms with E-state index in [1.165, 1.54) is 21.4 Å². The molecule has 0 aliphatic heterocycles. The molecule has 0 spiro atoms. The van der Waals surface area contributed by atoms with Gasteiger partial charge in [-0.15, -0.1) is 0 Å². The number of rotatable bonds is 7. The topological polar surface area (TPSA) is 141 Å². The number of aromatic amines is 1. The molecule has 11 nitrogen and oxygen atoms in total. The number of H-pyrrole nitrogens is 1. The van der Waals surface area contributed by atoms with Crippen molar-refractivity contribution in [1.29, 1.82) is 0 Å². The van der Waals surface area contributed by atoms with Gasteiger partial charge < -0.3 is 10.1 Å². The van der Waals surface area contributed by atoms with Crippen molar-refractivity contribution in [2.24, 2.45) is 0 Å². The summed E-state index contributed by atoms with van der Waals surface area (Å²) in [5.74, 6) is 5.22. The van der Waals surface area contributed by atoms with E-state index in [-0.39, 0.29) is 23.5 Å². The molecule has 0 saturated carbocycles. The summed E-state index contributed by atoms with van der Waals surface area (Å²) in [4.78, 5) is 48.0. The van der Waals surface area contributed by atoms with E-state index in [4.69, 9.17) is 5.11 Å². The quantitative estimate of drug-likeness (QED) is 0.399. The van der Waals surface area contributed by atoms with Gasteiger partial charge in [0.2, 0.25) is 0 Å². The molecule has 2 N–H and O–H groups in total. The molecule has 0 unspecified atom stereocenters. The van der Waals surface area contributed by atoms with Crippen LogP contribution in [0.25, 0.3) is 22.6 Å². The van der Waals surface area contributed by atoms with Gasteiger partial charge in [0.05, 0.1) is 11.8 Å². The lowest BCUT2D eigenvalue weighted by Gasteiger charge is -2.09. The Morgan fingerprint density at radius 2 is 1.88 bits per heavy atom. The van der Waals surface area contributed by atoms with E-state index in [1.54, 1.807) is 23.1 Å². The average molecular weight is 461 g/mol. The first-order valence-electron chi connectivity index (χ1n) is 10.9. The van der Waals surface area contributed by atoms with E-state index < -0.39 is 5.97 Å². The molecule has 0 aromatic carbocycles. The van der Waals surface area contributed by atoms with Crippen LogP contribution in [0.1, 0.15) is 42.7 Å². The molecule has 0 amide bonds. The Labute approximate surface area is 193 Å². The van der Waals surface area contributed by atoms with Crippen LogP contribution < -0.4 is 11.2 Å². The second-order valence-electron chi connectivity index (χ2n) is 7.64. The number of nitrogens with zero attached hydrogens (tertiary/aromatic N) is 6. The van der Waals surface area contributed by atoms with Crippen LogP contribution in [0.4, 0.5) is 0 Å². The third-order valence-corrected chi connectivity index (χ3v) is 5.12. The fourth-order valence-corrected chi connectivity index (χ4v) is 3.54. The SMILES string of the molecule is CCCn1c(=O)c2[nH]c(-c3cnn(CC#Cc4ccc(C(=O)O)nc4)c3)nc2n(CCC)c1=O. The molecule has 0 saturated heterocycles. The minimum Gasteiger partial charge on any atom is -0.477 e. The summed E-state index contributed by atoms with van der Waals surface area (Å²) in [6, 6.07) is 2.99. The Balaban J connectivity index is 1.61. The Morgan fingerprint density at radius 1 is 1.12 bits per heavy atom. The second-order valence-corrected chi connectivity index (χ2v) is 7.64. The largest absolute Gasteiger partial charge is 0.477 e. The number of aromatic carboxylic acids is 1. The van der Waals surface area contributed by atoms with E-state index in [2.05, 4.69) is 31.9 Å². The number of nitrogens with one attached hydrogen (secondary N) is 1. The van der Waals surface area contributed by atoms with Crippen LogP contribution >= 0.6 is 0 Å². The van der Waals surface area contributed by atoms with Gasteiger partial charge in [-0.25, -0.2) is 19.6 Å². The Morgan fingerprint density at radius 3 is 2.56 bits per heavy atom. The number of carbonyl (C=O) groups is 1. The highest BCUT2D eigenvalue weighted by molar-refractivity contribution is 5.85. The maximum atomic E-state index is 12.9. The molecule has 174 valence electrons. The van der Waals surface area contributed by atoms with Gasteiger partial charge in [0.1, 0.15) is 23.6 Å². The predicted molar refractivity (Wildman–Crippen MR) is 124 cm³/mol. The molecule has 0 radical (unpaired) electrons. The zero-order valence-electron chi connectivity index (χ0n) is 18.8. The molecule has 4 heterocycles. The molecule has 4 aromatic heterocycles. The number of carboxylic acids is 1. The van der Waals surface area contributed by atoms with Gasteiger partial charge in [-0.2, -0.15) is 5.10 Å². The predicted octanol–water partition coefficient (Wildman–Crippen LogP) is 1.71. The first kappa shape index (κ1) is 22.7. The second kappa shape index (κ2) is 9.58. The van der Waals surface area contributed by atoms with Crippen molar-refractivity contribution in [1.82, 2.24) is 33.9 Å². The summed E-state index contributed by atoms with van der Waals surface area (Å²) in [6.45, 7) is 4.96. The molecule has 0 fully saturated rings. The van der Waals surface area contributed by atoms with Gasteiger partial charge in [0.25, 0.3) is 5.56 Å². The molecule has 34 heavy (non-hydrogen) atoms. The van der Waals surface area contributed by atoms with Gasteiger partial charge in [-0.05, 0) is 25.0 Å². The van der Waals surface area contributed by atoms with Crippen LogP contribution in [-0.2, 0) is 19.6 Å². The minimum atomic E-state index is -1.09. The summed E-state index contributed by atoms with van der Waals surface area (Å²) in [6.07, 6.45) is 6.15. The zero-order valence-corrected chi connectivity index (χ0v) is 18.8. The summed E-state index contributed by atoms with van der Waals surface area (Å²) in [7, 11) is 0. The van der Waals surface area contributed by atoms with E-state index >= 15 is 0 Å². The molecule has 0 aliphatic rings. The van der Waals surface area contributed by atoms with E-state index in [0.29, 0.717) is 47.6 Å². The van der Waals surface area contributed by atoms with E-state index in [0.717, 1.165) is 6.42 Å². The lowest BCUT2D eigenvalue weighted by Crippen LogP contribution is -2.40. The fourth-order valence-electron chi connectivity index (χ4n) is 3.54. The van der Waals surface area contributed by atoms with Gasteiger partial charge in [0, 0.05) is 31.0 Å². The molecular formula is C23H23N7O4. The summed E-state index contributed by atoms with van der Waals surface area (Å²) >= 11 is 0. The highest BCUT2D eigenvalue weighted by atomic mass is 16.4. The summed E-state index contributed by atoms with van der Waals surface area (Å²) in [5, 5.41) is 13.2. The number of hydrogen-bond acceptors (Lipinski definition) is 6. The average Bonchev–Trinajstić information content (AvgIpc) is 3.47. The van der Waals surface area contributed by atoms with Crippen LogP contribution in [0.15, 0.2) is 40.3 Å². The van der Waals surface area contributed by atoms with Gasteiger partial charge in [-0.1, -0.05) is 25.7 Å². The Kier molecular flexibility index (Phi) is 6.40. The fraction of sp³-hybridized carbons (Fsp3) is 0.304. The van der Waals surface area contributed by atoms with Crippen molar-refractivity contribution in [3.8, 4) is 23.2 Å².